The fourth-order valence-corrected chi connectivity index (χ4v) is 3.31. The summed E-state index contributed by atoms with van der Waals surface area (Å²) in [5.41, 5.74) is 0.333. The summed E-state index contributed by atoms with van der Waals surface area (Å²) in [5.74, 6) is -0.317. The smallest absolute Gasteiger partial charge is 0.225 e. The molecule has 0 unspecified atom stereocenters. The Morgan fingerprint density at radius 2 is 1.96 bits per heavy atom. The molecule has 0 N–H and O–H groups in total. The predicted molar refractivity (Wildman–Crippen MR) is 92.4 cm³/mol. The van der Waals surface area contributed by atoms with Crippen molar-refractivity contribution in [1.82, 2.24) is 9.80 Å². The molecule has 0 spiro atoms. The highest BCUT2D eigenvalue weighted by molar-refractivity contribution is 5.98. The molecule has 0 aliphatic carbocycles. The third-order valence-electron chi connectivity index (χ3n) is 4.61. The molecule has 1 fully saturated rings. The molecule has 1 aromatic rings. The van der Waals surface area contributed by atoms with Crippen molar-refractivity contribution in [2.75, 3.05) is 33.7 Å². The number of nitrogens with zero attached hydrogens (tertiary/aromatic N) is 2. The van der Waals surface area contributed by atoms with Crippen LogP contribution < -0.4 is 0 Å². The van der Waals surface area contributed by atoms with Crippen molar-refractivity contribution in [3.05, 3.63) is 35.6 Å². The average Bonchev–Trinajstić information content (AvgIpc) is 2.54. The Morgan fingerprint density at radius 1 is 1.29 bits per heavy atom. The molecule has 1 aromatic carbocycles. The van der Waals surface area contributed by atoms with Crippen LogP contribution in [-0.4, -0.2) is 55.2 Å². The van der Waals surface area contributed by atoms with Crippen molar-refractivity contribution in [3.8, 4) is 0 Å². The molecular weight excluding hydrogens is 307 g/mol. The highest BCUT2D eigenvalue weighted by Crippen LogP contribution is 2.21. The van der Waals surface area contributed by atoms with Gasteiger partial charge in [0.15, 0.2) is 5.78 Å². The van der Waals surface area contributed by atoms with E-state index in [9.17, 15) is 14.0 Å². The van der Waals surface area contributed by atoms with E-state index in [1.165, 1.54) is 18.2 Å². The molecule has 132 valence electrons. The van der Waals surface area contributed by atoms with E-state index < -0.39 is 5.82 Å². The number of benzene rings is 1. The molecule has 1 atom stereocenters. The number of carbonyl (C=O) groups is 2. The largest absolute Gasteiger partial charge is 0.342 e. The van der Waals surface area contributed by atoms with Crippen molar-refractivity contribution in [2.45, 2.75) is 26.2 Å². The second-order valence-electron chi connectivity index (χ2n) is 7.07. The number of halogens is 1. The van der Waals surface area contributed by atoms with Gasteiger partial charge in [0.2, 0.25) is 5.91 Å². The number of amides is 1. The molecule has 1 aliphatic rings. The minimum atomic E-state index is -0.428. The van der Waals surface area contributed by atoms with Gasteiger partial charge in [-0.05, 0) is 45.0 Å². The van der Waals surface area contributed by atoms with Gasteiger partial charge in [-0.1, -0.05) is 19.1 Å². The monoisotopic (exact) mass is 334 g/mol. The van der Waals surface area contributed by atoms with Crippen LogP contribution in [0, 0.1) is 17.7 Å². The van der Waals surface area contributed by atoms with E-state index >= 15 is 0 Å². The molecule has 1 amide bonds. The van der Waals surface area contributed by atoms with Gasteiger partial charge in [-0.15, -0.1) is 0 Å². The lowest BCUT2D eigenvalue weighted by Gasteiger charge is -2.34. The summed E-state index contributed by atoms with van der Waals surface area (Å²) < 4.78 is 13.2. The van der Waals surface area contributed by atoms with Gasteiger partial charge in [0.25, 0.3) is 0 Å². The number of ketones is 1. The second-order valence-corrected chi connectivity index (χ2v) is 7.07. The molecule has 0 bridgehead atoms. The molecule has 0 saturated carbocycles. The van der Waals surface area contributed by atoms with Gasteiger partial charge in [-0.25, -0.2) is 4.39 Å². The van der Waals surface area contributed by atoms with E-state index in [1.54, 1.807) is 13.0 Å². The topological polar surface area (TPSA) is 40.6 Å². The van der Waals surface area contributed by atoms with Crippen LogP contribution in [0.2, 0.25) is 0 Å². The Hall–Kier alpha value is -1.75. The van der Waals surface area contributed by atoms with Gasteiger partial charge in [-0.2, -0.15) is 0 Å². The molecule has 0 radical (unpaired) electrons. The summed E-state index contributed by atoms with van der Waals surface area (Å²) in [7, 11) is 4.13. The van der Waals surface area contributed by atoms with E-state index in [0.29, 0.717) is 11.5 Å². The highest BCUT2D eigenvalue weighted by Gasteiger charge is 2.27. The number of hydrogen-bond donors (Lipinski definition) is 0. The normalized spacial score (nSPS) is 17.1. The van der Waals surface area contributed by atoms with Crippen LogP contribution in [0.4, 0.5) is 4.39 Å². The Morgan fingerprint density at radius 3 is 2.54 bits per heavy atom. The predicted octanol–water partition coefficient (Wildman–Crippen LogP) is 2.83. The van der Waals surface area contributed by atoms with Crippen LogP contribution in [0.25, 0.3) is 0 Å². The SMILES string of the molecule is C[C@@H](CC(=O)c1cccc(F)c1)C(=O)N1CCC(CN(C)C)CC1. The first-order valence-corrected chi connectivity index (χ1v) is 8.59. The van der Waals surface area contributed by atoms with E-state index in [4.69, 9.17) is 0 Å². The Kier molecular flexibility index (Phi) is 6.49. The number of carbonyl (C=O) groups excluding carboxylic acids is 2. The maximum absolute atomic E-state index is 13.2. The number of likely N-dealkylation sites (tertiary alicyclic amines) is 1. The molecule has 2 rings (SSSR count). The first-order chi connectivity index (χ1) is 11.4. The summed E-state index contributed by atoms with van der Waals surface area (Å²) in [6.07, 6.45) is 2.14. The van der Waals surface area contributed by atoms with Gasteiger partial charge in [-0.3, -0.25) is 9.59 Å². The lowest BCUT2D eigenvalue weighted by Crippen LogP contribution is -2.43. The fraction of sp³-hybridized carbons (Fsp3) is 0.579. The zero-order chi connectivity index (χ0) is 17.7. The van der Waals surface area contributed by atoms with E-state index in [2.05, 4.69) is 19.0 Å². The molecule has 5 heteroatoms. The van der Waals surface area contributed by atoms with Crippen LogP contribution in [-0.2, 0) is 4.79 Å². The zero-order valence-electron chi connectivity index (χ0n) is 14.8. The van der Waals surface area contributed by atoms with E-state index in [0.717, 1.165) is 32.5 Å². The van der Waals surface area contributed by atoms with Gasteiger partial charge in [0.1, 0.15) is 5.82 Å². The number of rotatable bonds is 6. The van der Waals surface area contributed by atoms with Crippen LogP contribution in [0.15, 0.2) is 24.3 Å². The number of hydrogen-bond acceptors (Lipinski definition) is 3. The summed E-state index contributed by atoms with van der Waals surface area (Å²) in [4.78, 5) is 28.8. The second kappa shape index (κ2) is 8.38. The van der Waals surface area contributed by atoms with Crippen molar-refractivity contribution in [2.24, 2.45) is 11.8 Å². The number of piperidine rings is 1. The molecule has 24 heavy (non-hydrogen) atoms. The Labute approximate surface area is 143 Å². The van der Waals surface area contributed by atoms with Crippen molar-refractivity contribution >= 4 is 11.7 Å². The van der Waals surface area contributed by atoms with Crippen LogP contribution in [0.1, 0.15) is 36.5 Å². The first-order valence-electron chi connectivity index (χ1n) is 8.59. The maximum Gasteiger partial charge on any atom is 0.225 e. The van der Waals surface area contributed by atoms with Crippen molar-refractivity contribution in [3.63, 3.8) is 0 Å². The quantitative estimate of drug-likeness (QED) is 0.751. The minimum absolute atomic E-state index is 0.0306. The Bertz CT molecular complexity index is 580. The molecule has 0 aromatic heterocycles. The third-order valence-corrected chi connectivity index (χ3v) is 4.61. The lowest BCUT2D eigenvalue weighted by atomic mass is 9.94. The van der Waals surface area contributed by atoms with Gasteiger partial charge < -0.3 is 9.80 Å². The molecule has 1 saturated heterocycles. The standard InChI is InChI=1S/C19H27FN2O2/c1-14(11-18(23)16-5-4-6-17(20)12-16)19(24)22-9-7-15(8-10-22)13-21(2)3/h4-6,12,14-15H,7-11,13H2,1-3H3/t14-/m0/s1. The van der Waals surface area contributed by atoms with Gasteiger partial charge in [0, 0.05) is 37.5 Å². The summed E-state index contributed by atoms with van der Waals surface area (Å²) in [6.45, 7) is 4.35. The number of Topliss-reactive ketones (excluding diaryl/α,β-unsaturated/α-hetero) is 1. The zero-order valence-corrected chi connectivity index (χ0v) is 14.8. The third kappa shape index (κ3) is 5.13. The van der Waals surface area contributed by atoms with Crippen LogP contribution >= 0.6 is 0 Å². The molecular formula is C19H27FN2O2. The minimum Gasteiger partial charge on any atom is -0.342 e. The molecule has 1 heterocycles. The molecule has 1 aliphatic heterocycles. The lowest BCUT2D eigenvalue weighted by molar-refractivity contribution is -0.136. The first kappa shape index (κ1) is 18.6. The average molecular weight is 334 g/mol. The van der Waals surface area contributed by atoms with Crippen LogP contribution in [0.5, 0.6) is 0 Å². The summed E-state index contributed by atoms with van der Waals surface area (Å²) >= 11 is 0. The maximum atomic E-state index is 13.2. The van der Waals surface area contributed by atoms with Crippen LogP contribution in [0.3, 0.4) is 0 Å². The van der Waals surface area contributed by atoms with E-state index in [-0.39, 0.29) is 24.0 Å². The van der Waals surface area contributed by atoms with Gasteiger partial charge in [0.05, 0.1) is 0 Å². The van der Waals surface area contributed by atoms with E-state index in [1.807, 2.05) is 4.90 Å². The van der Waals surface area contributed by atoms with Gasteiger partial charge >= 0.3 is 0 Å². The summed E-state index contributed by atoms with van der Waals surface area (Å²) in [6, 6.07) is 5.65. The highest BCUT2D eigenvalue weighted by atomic mass is 19.1. The van der Waals surface area contributed by atoms with Crippen molar-refractivity contribution < 1.29 is 14.0 Å². The van der Waals surface area contributed by atoms with Crippen molar-refractivity contribution in [1.29, 1.82) is 0 Å². The fourth-order valence-electron chi connectivity index (χ4n) is 3.31. The molecule has 4 nitrogen and oxygen atoms in total. The summed E-state index contributed by atoms with van der Waals surface area (Å²) in [5, 5.41) is 0. The Balaban J connectivity index is 1.85.